The summed E-state index contributed by atoms with van der Waals surface area (Å²) < 4.78 is 0. The summed E-state index contributed by atoms with van der Waals surface area (Å²) in [5.74, 6) is 0.396. The lowest BCUT2D eigenvalue weighted by molar-refractivity contribution is -0.115. The SMILES string of the molecule is CC(=O)Nc1ccc(-c2csc(N[C@H](C)CCCC(C)C)n2)c(NC(C)=O)c1. The summed E-state index contributed by atoms with van der Waals surface area (Å²) in [6, 6.07) is 5.78. The van der Waals surface area contributed by atoms with Crippen LogP contribution in [0.3, 0.4) is 0 Å². The number of carbonyl (C=O) groups is 2. The van der Waals surface area contributed by atoms with Gasteiger partial charge in [0.2, 0.25) is 11.8 Å². The van der Waals surface area contributed by atoms with Gasteiger partial charge in [0, 0.05) is 36.5 Å². The van der Waals surface area contributed by atoms with E-state index in [4.69, 9.17) is 4.98 Å². The first-order chi connectivity index (χ1) is 13.2. The zero-order valence-corrected chi connectivity index (χ0v) is 18.1. The van der Waals surface area contributed by atoms with E-state index in [0.29, 0.717) is 17.4 Å². The molecule has 2 amide bonds. The minimum Gasteiger partial charge on any atom is -0.359 e. The van der Waals surface area contributed by atoms with E-state index in [9.17, 15) is 9.59 Å². The molecule has 1 aromatic carbocycles. The molecule has 7 heteroatoms. The molecule has 0 saturated heterocycles. The Morgan fingerprint density at radius 2 is 1.79 bits per heavy atom. The van der Waals surface area contributed by atoms with E-state index in [1.165, 1.54) is 26.7 Å². The van der Waals surface area contributed by atoms with Gasteiger partial charge in [-0.25, -0.2) is 4.98 Å². The van der Waals surface area contributed by atoms with Gasteiger partial charge in [0.1, 0.15) is 0 Å². The molecule has 0 bridgehead atoms. The number of rotatable bonds is 9. The van der Waals surface area contributed by atoms with Gasteiger partial charge in [-0.15, -0.1) is 11.3 Å². The van der Waals surface area contributed by atoms with Crippen LogP contribution in [0.1, 0.15) is 53.9 Å². The smallest absolute Gasteiger partial charge is 0.221 e. The van der Waals surface area contributed by atoms with Gasteiger partial charge in [0.05, 0.1) is 11.4 Å². The molecular formula is C21H30N4O2S. The van der Waals surface area contributed by atoms with Gasteiger partial charge < -0.3 is 16.0 Å². The van der Waals surface area contributed by atoms with Gasteiger partial charge in [-0.1, -0.05) is 26.7 Å². The Hall–Kier alpha value is -2.41. The second-order valence-corrected chi connectivity index (χ2v) is 8.39. The number of aromatic nitrogens is 1. The second-order valence-electron chi connectivity index (χ2n) is 7.53. The summed E-state index contributed by atoms with van der Waals surface area (Å²) in [4.78, 5) is 27.6. The van der Waals surface area contributed by atoms with Crippen LogP contribution in [0.5, 0.6) is 0 Å². The molecule has 1 aromatic heterocycles. The molecule has 0 radical (unpaired) electrons. The van der Waals surface area contributed by atoms with Crippen molar-refractivity contribution in [2.75, 3.05) is 16.0 Å². The number of nitrogens with zero attached hydrogens (tertiary/aromatic N) is 1. The third-order valence-corrected chi connectivity index (χ3v) is 4.99. The molecule has 2 rings (SSSR count). The standard InChI is InChI=1S/C21H30N4O2S/c1-13(2)7-6-8-14(3)22-21-25-20(12-28-21)18-10-9-17(23-15(4)26)11-19(18)24-16(5)27/h9-14H,6-8H2,1-5H3,(H,22,25)(H,23,26)(H,24,27)/t14-/m1/s1. The lowest BCUT2D eigenvalue weighted by atomic mass is 10.0. The summed E-state index contributed by atoms with van der Waals surface area (Å²) in [6.45, 7) is 9.57. The molecule has 28 heavy (non-hydrogen) atoms. The minimum absolute atomic E-state index is 0.159. The Morgan fingerprint density at radius 1 is 1.07 bits per heavy atom. The molecule has 0 fully saturated rings. The van der Waals surface area contributed by atoms with Crippen molar-refractivity contribution in [3.63, 3.8) is 0 Å². The molecule has 0 saturated carbocycles. The van der Waals surface area contributed by atoms with Crippen molar-refractivity contribution < 1.29 is 9.59 Å². The number of thiazole rings is 1. The quantitative estimate of drug-likeness (QED) is 0.528. The number of amides is 2. The van der Waals surface area contributed by atoms with Crippen LogP contribution in [0.15, 0.2) is 23.6 Å². The first-order valence-electron chi connectivity index (χ1n) is 9.66. The van der Waals surface area contributed by atoms with E-state index in [1.807, 2.05) is 17.5 Å². The van der Waals surface area contributed by atoms with Crippen molar-refractivity contribution in [3.05, 3.63) is 23.6 Å². The number of benzene rings is 1. The Bertz CT molecular complexity index is 816. The van der Waals surface area contributed by atoms with E-state index in [-0.39, 0.29) is 11.8 Å². The van der Waals surface area contributed by atoms with E-state index in [1.54, 1.807) is 17.4 Å². The third-order valence-electron chi connectivity index (χ3n) is 4.22. The summed E-state index contributed by atoms with van der Waals surface area (Å²) in [5, 5.41) is 11.9. The number of nitrogens with one attached hydrogen (secondary N) is 3. The Balaban J connectivity index is 2.14. The highest BCUT2D eigenvalue weighted by atomic mass is 32.1. The monoisotopic (exact) mass is 402 g/mol. The van der Waals surface area contributed by atoms with E-state index in [0.717, 1.165) is 28.7 Å². The fourth-order valence-corrected chi connectivity index (χ4v) is 3.74. The van der Waals surface area contributed by atoms with Crippen molar-refractivity contribution in [3.8, 4) is 11.3 Å². The van der Waals surface area contributed by atoms with Gasteiger partial charge in [0.25, 0.3) is 0 Å². The number of carbonyl (C=O) groups excluding carboxylic acids is 2. The molecule has 1 heterocycles. The fourth-order valence-electron chi connectivity index (χ4n) is 2.92. The molecule has 0 aliphatic rings. The highest BCUT2D eigenvalue weighted by molar-refractivity contribution is 7.14. The van der Waals surface area contributed by atoms with E-state index >= 15 is 0 Å². The third kappa shape index (κ3) is 6.96. The molecule has 2 aromatic rings. The maximum Gasteiger partial charge on any atom is 0.221 e. The van der Waals surface area contributed by atoms with Gasteiger partial charge in [-0.2, -0.15) is 0 Å². The topological polar surface area (TPSA) is 83.1 Å². The lowest BCUT2D eigenvalue weighted by Gasteiger charge is -2.13. The van der Waals surface area contributed by atoms with Crippen molar-refractivity contribution >= 4 is 39.7 Å². The van der Waals surface area contributed by atoms with Gasteiger partial charge >= 0.3 is 0 Å². The van der Waals surface area contributed by atoms with Crippen LogP contribution in [0, 0.1) is 5.92 Å². The molecule has 0 unspecified atom stereocenters. The fraction of sp³-hybridized carbons (Fsp3) is 0.476. The van der Waals surface area contributed by atoms with Gasteiger partial charge in [-0.3, -0.25) is 9.59 Å². The molecule has 0 aliphatic heterocycles. The lowest BCUT2D eigenvalue weighted by Crippen LogP contribution is -2.15. The Morgan fingerprint density at radius 3 is 2.43 bits per heavy atom. The molecule has 6 nitrogen and oxygen atoms in total. The summed E-state index contributed by atoms with van der Waals surface area (Å²) in [7, 11) is 0. The van der Waals surface area contributed by atoms with E-state index < -0.39 is 0 Å². The first kappa shape index (κ1) is 21.9. The van der Waals surface area contributed by atoms with E-state index in [2.05, 4.69) is 36.7 Å². The van der Waals surface area contributed by atoms with Crippen LogP contribution in [-0.2, 0) is 9.59 Å². The highest BCUT2D eigenvalue weighted by Crippen LogP contribution is 2.33. The Kier molecular flexibility index (Phi) is 7.99. The molecule has 0 spiro atoms. The normalized spacial score (nSPS) is 11.9. The van der Waals surface area contributed by atoms with Crippen molar-refractivity contribution in [1.82, 2.24) is 4.98 Å². The summed E-state index contributed by atoms with van der Waals surface area (Å²) in [5.41, 5.74) is 2.87. The summed E-state index contributed by atoms with van der Waals surface area (Å²) >= 11 is 1.55. The predicted octanol–water partition coefficient (Wildman–Crippen LogP) is 5.35. The average molecular weight is 403 g/mol. The highest BCUT2D eigenvalue weighted by Gasteiger charge is 2.13. The maximum absolute atomic E-state index is 11.6. The van der Waals surface area contributed by atoms with Crippen molar-refractivity contribution in [1.29, 1.82) is 0 Å². The van der Waals surface area contributed by atoms with Crippen molar-refractivity contribution in [2.45, 2.75) is 59.9 Å². The zero-order chi connectivity index (χ0) is 20.7. The first-order valence-corrected chi connectivity index (χ1v) is 10.5. The zero-order valence-electron chi connectivity index (χ0n) is 17.3. The van der Waals surface area contributed by atoms with Gasteiger partial charge in [0.15, 0.2) is 5.13 Å². The van der Waals surface area contributed by atoms with Crippen LogP contribution < -0.4 is 16.0 Å². The molecule has 3 N–H and O–H groups in total. The van der Waals surface area contributed by atoms with Gasteiger partial charge in [-0.05, 0) is 37.5 Å². The molecule has 152 valence electrons. The minimum atomic E-state index is -0.173. The van der Waals surface area contributed by atoms with Crippen LogP contribution in [0.2, 0.25) is 0 Å². The predicted molar refractivity (Wildman–Crippen MR) is 118 cm³/mol. The maximum atomic E-state index is 11.6. The number of hydrogen-bond donors (Lipinski definition) is 3. The second kappa shape index (κ2) is 10.2. The molecular weight excluding hydrogens is 372 g/mol. The largest absolute Gasteiger partial charge is 0.359 e. The van der Waals surface area contributed by atoms with Crippen LogP contribution >= 0.6 is 11.3 Å². The average Bonchev–Trinajstić information content (AvgIpc) is 3.01. The van der Waals surface area contributed by atoms with Crippen LogP contribution in [0.4, 0.5) is 16.5 Å². The molecule has 0 aliphatic carbocycles. The van der Waals surface area contributed by atoms with Crippen molar-refractivity contribution in [2.24, 2.45) is 5.92 Å². The molecule has 1 atom stereocenters. The Labute approximate surface area is 171 Å². The number of anilines is 3. The van der Waals surface area contributed by atoms with Crippen LogP contribution in [-0.4, -0.2) is 22.8 Å². The summed E-state index contributed by atoms with van der Waals surface area (Å²) in [6.07, 6.45) is 3.53. The number of hydrogen-bond acceptors (Lipinski definition) is 5. The van der Waals surface area contributed by atoms with Crippen LogP contribution in [0.25, 0.3) is 11.3 Å².